The number of hydrogen-bond donors (Lipinski definition) is 0. The molecule has 0 heterocycles. The predicted molar refractivity (Wildman–Crippen MR) is 83.0 cm³/mol. The van der Waals surface area contributed by atoms with E-state index in [1.54, 1.807) is 0 Å². The van der Waals surface area contributed by atoms with E-state index < -0.39 is 23.8 Å². The molecular weight excluding hydrogens is 379 g/mol. The van der Waals surface area contributed by atoms with Crippen molar-refractivity contribution in [2.24, 2.45) is 23.7 Å². The van der Waals surface area contributed by atoms with Crippen molar-refractivity contribution in [3.8, 4) is 0 Å². The van der Waals surface area contributed by atoms with Gasteiger partial charge in [0.2, 0.25) is 0 Å². The Kier molecular flexibility index (Phi) is 12.3. The maximum absolute atomic E-state index is 11.0. The molecule has 2 rings (SSSR count). The van der Waals surface area contributed by atoms with Gasteiger partial charge in [0.15, 0.2) is 0 Å². The zero-order chi connectivity index (χ0) is 20.3. The Morgan fingerprint density at radius 3 is 1.00 bits per heavy atom. The molecule has 26 heavy (non-hydrogen) atoms. The zero-order valence-corrected chi connectivity index (χ0v) is 16.7. The van der Waals surface area contributed by atoms with Crippen molar-refractivity contribution in [2.45, 2.75) is 65.2 Å². The first-order valence-corrected chi connectivity index (χ1v) is 9.43. The van der Waals surface area contributed by atoms with Gasteiger partial charge in [0.25, 0.3) is 0 Å². The molecule has 0 aromatic rings. The van der Waals surface area contributed by atoms with Crippen molar-refractivity contribution >= 4 is 23.5 Å². The first kappa shape index (κ1) is 24.7. The number of carbonyl (C=O) groups is 4. The van der Waals surface area contributed by atoms with Gasteiger partial charge < -0.3 is 19.8 Å². The van der Waals surface area contributed by atoms with Gasteiger partial charge in [-0.1, -0.05) is 25.7 Å². The summed E-state index contributed by atoms with van der Waals surface area (Å²) in [5, 5.41) is 21.2. The Labute approximate surface area is 163 Å². The number of rotatable bonds is 4. The van der Waals surface area contributed by atoms with Crippen LogP contribution in [0.25, 0.3) is 0 Å². The molecule has 2 aliphatic rings. The third-order valence-corrected chi connectivity index (χ3v) is 5.18. The Balaban J connectivity index is 0.000000439. The van der Waals surface area contributed by atoms with Crippen LogP contribution in [-0.4, -0.2) is 23.5 Å². The summed E-state index contributed by atoms with van der Waals surface area (Å²) in [7, 11) is 0. The van der Waals surface area contributed by atoms with Crippen LogP contribution in [0.15, 0.2) is 0 Å². The SMILES string of the molecule is CC(=O)C1CCCCC1C(=O)[O-].CC(=O)C1CCCCC1C(=O)[O-].[O]=[V+2]. The predicted octanol–water partition coefficient (Wildman–Crippen LogP) is 0.142. The number of Topliss-reactive ketones (excluding diaryl/α,β-unsaturated/α-hetero) is 2. The third kappa shape index (κ3) is 7.91. The van der Waals surface area contributed by atoms with Crippen molar-refractivity contribution in [1.82, 2.24) is 0 Å². The molecule has 0 spiro atoms. The number of ketones is 2. The molecule has 0 bridgehead atoms. The van der Waals surface area contributed by atoms with Crippen molar-refractivity contribution in [1.29, 1.82) is 0 Å². The van der Waals surface area contributed by atoms with Gasteiger partial charge in [0, 0.05) is 35.6 Å². The number of carboxylic acids is 2. The summed E-state index contributed by atoms with van der Waals surface area (Å²) < 4.78 is 8.19. The van der Waals surface area contributed by atoms with E-state index in [4.69, 9.17) is 3.67 Å². The van der Waals surface area contributed by atoms with E-state index >= 15 is 0 Å². The van der Waals surface area contributed by atoms with Crippen molar-refractivity contribution in [2.75, 3.05) is 0 Å². The molecule has 0 N–H and O–H groups in total. The molecule has 2 saturated carbocycles. The van der Waals surface area contributed by atoms with Crippen LogP contribution in [0, 0.1) is 23.7 Å². The van der Waals surface area contributed by atoms with E-state index in [2.05, 4.69) is 0 Å². The van der Waals surface area contributed by atoms with Gasteiger partial charge in [0.1, 0.15) is 11.6 Å². The van der Waals surface area contributed by atoms with E-state index in [-0.39, 0.29) is 23.4 Å². The maximum atomic E-state index is 11.0. The number of carboxylic acid groups (broad SMARTS) is 2. The van der Waals surface area contributed by atoms with Crippen LogP contribution in [0.5, 0.6) is 0 Å². The van der Waals surface area contributed by atoms with E-state index in [9.17, 15) is 29.4 Å². The molecule has 0 radical (unpaired) electrons. The molecule has 4 unspecified atom stereocenters. The monoisotopic (exact) mass is 405 g/mol. The normalized spacial score (nSPS) is 27.7. The van der Waals surface area contributed by atoms with Crippen LogP contribution in [0.4, 0.5) is 0 Å². The van der Waals surface area contributed by atoms with Crippen LogP contribution < -0.4 is 10.2 Å². The summed E-state index contributed by atoms with van der Waals surface area (Å²) in [6, 6.07) is 0. The second-order valence-corrected chi connectivity index (χ2v) is 6.85. The number of carbonyl (C=O) groups excluding carboxylic acids is 4. The van der Waals surface area contributed by atoms with Crippen LogP contribution in [0.3, 0.4) is 0 Å². The fourth-order valence-corrected chi connectivity index (χ4v) is 3.80. The van der Waals surface area contributed by atoms with Crippen molar-refractivity contribution in [3.63, 3.8) is 0 Å². The molecule has 0 aromatic heterocycles. The molecule has 0 amide bonds. The summed E-state index contributed by atoms with van der Waals surface area (Å²) in [5.41, 5.74) is 0. The molecule has 2 aliphatic carbocycles. The summed E-state index contributed by atoms with van der Waals surface area (Å²) in [6.45, 7) is 2.93. The number of hydrogen-bond acceptors (Lipinski definition) is 7. The second-order valence-electron chi connectivity index (χ2n) is 6.85. The summed E-state index contributed by atoms with van der Waals surface area (Å²) in [6.07, 6.45) is 6.38. The Hall–Kier alpha value is -1.34. The van der Waals surface area contributed by atoms with Gasteiger partial charge in [-0.15, -0.1) is 0 Å². The van der Waals surface area contributed by atoms with Crippen LogP contribution in [0.1, 0.15) is 65.2 Å². The standard InChI is InChI=1S/2C9H14O3.O.V/c2*1-6(10)7-4-2-3-5-8(7)9(11)12;;/h2*7-8H,2-5H2,1H3,(H,11,12);;/q;;;+2/p-2. The molecule has 7 nitrogen and oxygen atoms in total. The molecule has 4 atom stereocenters. The molecule has 0 saturated heterocycles. The molecule has 0 aliphatic heterocycles. The van der Waals surface area contributed by atoms with Gasteiger partial charge in [-0.2, -0.15) is 0 Å². The average Bonchev–Trinajstić information content (AvgIpc) is 2.63. The molecular formula is C18H26O7V. The van der Waals surface area contributed by atoms with Crippen LogP contribution in [0.2, 0.25) is 0 Å². The minimum atomic E-state index is -1.06. The fourth-order valence-electron chi connectivity index (χ4n) is 3.80. The van der Waals surface area contributed by atoms with Gasteiger partial charge in [-0.25, -0.2) is 0 Å². The number of aliphatic carboxylic acids is 2. The first-order chi connectivity index (χ1) is 12.3. The zero-order valence-electron chi connectivity index (χ0n) is 15.3. The van der Waals surface area contributed by atoms with Gasteiger partial charge >= 0.3 is 21.0 Å². The minimum absolute atomic E-state index is 0.0103. The van der Waals surface area contributed by atoms with Crippen molar-refractivity contribution < 1.29 is 50.4 Å². The molecule has 2 fully saturated rings. The van der Waals surface area contributed by atoms with Crippen LogP contribution >= 0.6 is 0 Å². The molecule has 8 heteroatoms. The van der Waals surface area contributed by atoms with Gasteiger partial charge in [0.05, 0.1) is 0 Å². The summed E-state index contributed by atoms with van der Waals surface area (Å²) >= 11 is 1.06. The third-order valence-electron chi connectivity index (χ3n) is 5.18. The van der Waals surface area contributed by atoms with Crippen molar-refractivity contribution in [3.05, 3.63) is 0 Å². The molecule has 0 aromatic carbocycles. The van der Waals surface area contributed by atoms with E-state index in [1.165, 1.54) is 13.8 Å². The Morgan fingerprint density at radius 1 is 0.615 bits per heavy atom. The van der Waals surface area contributed by atoms with E-state index in [0.717, 1.165) is 43.1 Å². The van der Waals surface area contributed by atoms with Gasteiger partial charge in [-0.3, -0.25) is 9.59 Å². The fraction of sp³-hybridized carbons (Fsp3) is 0.778. The van der Waals surface area contributed by atoms with Gasteiger partial charge in [-0.05, 0) is 39.5 Å². The van der Waals surface area contributed by atoms with Crippen LogP contribution in [-0.2, 0) is 40.2 Å². The van der Waals surface area contributed by atoms with E-state index in [0.29, 0.717) is 25.7 Å². The second kappa shape index (κ2) is 12.9. The van der Waals surface area contributed by atoms with E-state index in [1.807, 2.05) is 0 Å². The Bertz CT molecular complexity index is 418. The summed E-state index contributed by atoms with van der Waals surface area (Å²) in [5.74, 6) is -3.78. The average molecular weight is 405 g/mol. The first-order valence-electron chi connectivity index (χ1n) is 8.86. The summed E-state index contributed by atoms with van der Waals surface area (Å²) in [4.78, 5) is 43.3. The Morgan fingerprint density at radius 2 is 0.846 bits per heavy atom. The topological polar surface area (TPSA) is 131 Å². The molecule has 145 valence electrons. The quantitative estimate of drug-likeness (QED) is 0.650.